The van der Waals surface area contributed by atoms with Crippen LogP contribution < -0.4 is 9.47 Å². The number of carbonyl (C=O) groups excluding carboxylic acids is 1. The summed E-state index contributed by atoms with van der Waals surface area (Å²) in [6, 6.07) is 16.7. The van der Waals surface area contributed by atoms with Crippen LogP contribution >= 0.6 is 23.1 Å². The van der Waals surface area contributed by atoms with E-state index in [9.17, 15) is 9.90 Å². The van der Waals surface area contributed by atoms with Gasteiger partial charge in [-0.25, -0.2) is 0 Å². The molecule has 0 amide bonds. The van der Waals surface area contributed by atoms with Gasteiger partial charge in [0.15, 0.2) is 5.78 Å². The molecule has 1 aromatic heterocycles. The summed E-state index contributed by atoms with van der Waals surface area (Å²) in [5, 5.41) is 11.7. The average Bonchev–Trinajstić information content (AvgIpc) is 3.39. The highest BCUT2D eigenvalue weighted by Gasteiger charge is 2.37. The van der Waals surface area contributed by atoms with Gasteiger partial charge in [0, 0.05) is 42.7 Å². The lowest BCUT2D eigenvalue weighted by atomic mass is 9.85. The Morgan fingerprint density at radius 2 is 1.85 bits per heavy atom. The molecule has 0 saturated carbocycles. The van der Waals surface area contributed by atoms with Gasteiger partial charge in [-0.1, -0.05) is 47.4 Å². The summed E-state index contributed by atoms with van der Waals surface area (Å²) in [5.74, 6) is 0.0556. The largest absolute Gasteiger partial charge is 0.395 e. The third kappa shape index (κ3) is 3.78. The van der Waals surface area contributed by atoms with Crippen molar-refractivity contribution >= 4 is 50.9 Å². The van der Waals surface area contributed by atoms with Crippen molar-refractivity contribution in [3.63, 3.8) is 0 Å². The van der Waals surface area contributed by atoms with Crippen LogP contribution in [-0.4, -0.2) is 42.5 Å². The van der Waals surface area contributed by atoms with Crippen LogP contribution in [0.1, 0.15) is 18.9 Å². The quantitative estimate of drug-likeness (QED) is 0.380. The number of benzene rings is 2. The molecule has 174 valence electrons. The Balaban J connectivity index is 1.59. The summed E-state index contributed by atoms with van der Waals surface area (Å²) in [4.78, 5) is 18.9. The molecular weight excluding hydrogens is 462 g/mol. The maximum Gasteiger partial charge on any atom is 0.263 e. The Hall–Kier alpha value is -2.87. The Morgan fingerprint density at radius 3 is 2.62 bits per heavy atom. The van der Waals surface area contributed by atoms with Gasteiger partial charge >= 0.3 is 0 Å². The fraction of sp³-hybridized carbons (Fsp3) is 0.259. The van der Waals surface area contributed by atoms with Gasteiger partial charge in [0.1, 0.15) is 11.2 Å². The molecule has 0 spiro atoms. The van der Waals surface area contributed by atoms with Crippen LogP contribution in [0.4, 0.5) is 5.69 Å². The molecule has 0 radical (unpaired) electrons. The van der Waals surface area contributed by atoms with E-state index in [2.05, 4.69) is 47.6 Å². The molecule has 1 N–H and O–H groups in total. The number of thiazole rings is 1. The number of likely N-dealkylation sites (N-methyl/N-ethyl adjacent to an activating group) is 1. The summed E-state index contributed by atoms with van der Waals surface area (Å²) in [6.45, 7) is 6.42. The number of nitrogens with zero attached hydrogens (tertiary/aromatic N) is 3. The van der Waals surface area contributed by atoms with Crippen LogP contribution in [0.5, 0.6) is 0 Å². The van der Waals surface area contributed by atoms with Crippen LogP contribution in [-0.2, 0) is 11.3 Å². The lowest BCUT2D eigenvalue weighted by Gasteiger charge is -2.32. The number of aliphatic hydroxyl groups excluding tert-OH is 1. The van der Waals surface area contributed by atoms with Crippen molar-refractivity contribution in [1.82, 2.24) is 4.90 Å². The van der Waals surface area contributed by atoms with E-state index in [4.69, 9.17) is 0 Å². The molecule has 2 heterocycles. The van der Waals surface area contributed by atoms with Crippen LogP contribution in [0.2, 0.25) is 0 Å². The van der Waals surface area contributed by atoms with Crippen molar-refractivity contribution in [2.24, 2.45) is 0 Å². The van der Waals surface area contributed by atoms with Crippen molar-refractivity contribution in [3.8, 4) is 0 Å². The van der Waals surface area contributed by atoms with E-state index in [0.717, 1.165) is 28.8 Å². The summed E-state index contributed by atoms with van der Waals surface area (Å²) < 4.78 is 3.46. The number of ketones is 1. The number of anilines is 1. The molecule has 7 heteroatoms. The maximum absolute atomic E-state index is 13.5. The number of para-hydroxylation sites is 2. The molecule has 0 unspecified atom stereocenters. The van der Waals surface area contributed by atoms with Crippen LogP contribution in [0.3, 0.4) is 0 Å². The van der Waals surface area contributed by atoms with Crippen LogP contribution in [0.15, 0.2) is 81.4 Å². The number of hydrogen-bond acceptors (Lipinski definition) is 6. The molecule has 0 saturated heterocycles. The third-order valence-corrected chi connectivity index (χ3v) is 8.48. The Bertz CT molecular complexity index is 1370. The smallest absolute Gasteiger partial charge is 0.263 e. The molecule has 0 atom stereocenters. The lowest BCUT2D eigenvalue weighted by molar-refractivity contribution is -0.665. The summed E-state index contributed by atoms with van der Waals surface area (Å²) >= 11 is 3.40. The minimum Gasteiger partial charge on any atom is -0.395 e. The summed E-state index contributed by atoms with van der Waals surface area (Å²) in [6.07, 6.45) is 4.05. The number of hydrogen-bond donors (Lipinski definition) is 1. The van der Waals surface area contributed by atoms with Gasteiger partial charge in [-0.05, 0) is 38.1 Å². The molecule has 0 fully saturated rings. The monoisotopic (exact) mass is 490 g/mol. The number of aromatic nitrogens is 1. The molecule has 2 aromatic carbocycles. The van der Waals surface area contributed by atoms with Gasteiger partial charge in [0.2, 0.25) is 5.52 Å². The fourth-order valence-corrected chi connectivity index (χ4v) is 6.94. The van der Waals surface area contributed by atoms with Crippen molar-refractivity contribution in [1.29, 1.82) is 0 Å². The molecule has 5 nitrogen and oxygen atoms in total. The topological polar surface area (TPSA) is 47.7 Å². The fourth-order valence-electron chi connectivity index (χ4n) is 4.60. The van der Waals surface area contributed by atoms with E-state index < -0.39 is 0 Å². The number of aryl methyl sites for hydroxylation is 1. The highest BCUT2D eigenvalue weighted by molar-refractivity contribution is 8.03. The predicted octanol–water partition coefficient (Wildman–Crippen LogP) is 4.83. The molecular formula is C27H28N3O2S2+. The lowest BCUT2D eigenvalue weighted by Crippen LogP contribution is -2.36. The van der Waals surface area contributed by atoms with Gasteiger partial charge in [0.25, 0.3) is 5.01 Å². The van der Waals surface area contributed by atoms with Gasteiger partial charge in [-0.15, -0.1) is 0 Å². The van der Waals surface area contributed by atoms with Gasteiger partial charge in [-0.2, -0.15) is 4.57 Å². The molecule has 34 heavy (non-hydrogen) atoms. The van der Waals surface area contributed by atoms with E-state index in [1.54, 1.807) is 23.1 Å². The Labute approximate surface area is 208 Å². The summed E-state index contributed by atoms with van der Waals surface area (Å²) in [7, 11) is 1.94. The first kappa shape index (κ1) is 22.9. The Morgan fingerprint density at radius 1 is 1.09 bits per heavy atom. The van der Waals surface area contributed by atoms with E-state index in [1.807, 2.05) is 48.4 Å². The predicted molar refractivity (Wildman–Crippen MR) is 141 cm³/mol. The zero-order chi connectivity index (χ0) is 23.8. The zero-order valence-corrected chi connectivity index (χ0v) is 21.2. The summed E-state index contributed by atoms with van der Waals surface area (Å²) in [5.41, 5.74) is 4.69. The third-order valence-electron chi connectivity index (χ3n) is 6.26. The van der Waals surface area contributed by atoms with E-state index in [-0.39, 0.29) is 12.4 Å². The number of fused-ring (bicyclic) bond motifs is 2. The van der Waals surface area contributed by atoms with E-state index >= 15 is 0 Å². The second kappa shape index (κ2) is 9.41. The zero-order valence-electron chi connectivity index (χ0n) is 19.6. The highest BCUT2D eigenvalue weighted by Crippen LogP contribution is 2.47. The van der Waals surface area contributed by atoms with E-state index in [1.165, 1.54) is 20.8 Å². The van der Waals surface area contributed by atoms with Crippen molar-refractivity contribution < 1.29 is 14.5 Å². The average molecular weight is 491 g/mol. The molecule has 1 aliphatic heterocycles. The van der Waals surface area contributed by atoms with Gasteiger partial charge < -0.3 is 14.9 Å². The molecule has 1 aliphatic carbocycles. The number of allylic oxidation sites excluding steroid dienone is 3. The standard InChI is InChI=1S/C27H28N3O2S2/c1-4-29-20-10-6-8-12-22(20)33-24(29)16-18-26(28(3)14-15-31)19(27(18)32)17-25-30(5-2)21-11-7-9-13-23(21)34-25/h6-13,16-17,31H,4-5,14-15H2,1-3H3/q+1. The second-order valence-corrected chi connectivity index (χ2v) is 10.4. The van der Waals surface area contributed by atoms with Crippen molar-refractivity contribution in [2.45, 2.75) is 25.3 Å². The minimum atomic E-state index is 0.0322. The first-order valence-electron chi connectivity index (χ1n) is 11.6. The maximum atomic E-state index is 13.5. The number of carbonyl (C=O) groups is 1. The molecule has 2 aliphatic rings. The second-order valence-electron chi connectivity index (χ2n) is 8.24. The molecule has 0 bridgehead atoms. The SMILES string of the molecule is CCN1/C(=C/C2=C(N(C)CCO)C(=C/c3sc4ccccc4[n+]3CC)/C2=O)Sc2ccccc21. The highest BCUT2D eigenvalue weighted by atomic mass is 32.2. The van der Waals surface area contributed by atoms with Gasteiger partial charge in [-0.3, -0.25) is 4.79 Å². The minimum absolute atomic E-state index is 0.0322. The van der Waals surface area contributed by atoms with Gasteiger partial charge in [0.05, 0.1) is 28.6 Å². The van der Waals surface area contributed by atoms with Crippen LogP contribution in [0.25, 0.3) is 16.3 Å². The van der Waals surface area contributed by atoms with Crippen LogP contribution in [0, 0.1) is 0 Å². The Kier molecular flexibility index (Phi) is 6.34. The number of rotatable bonds is 7. The number of Topliss-reactive ketones (excluding diaryl/α,β-unsaturated/α-hetero) is 1. The first-order valence-corrected chi connectivity index (χ1v) is 13.2. The normalized spacial score (nSPS) is 17.8. The first-order chi connectivity index (χ1) is 16.6. The molecule has 3 aromatic rings. The van der Waals surface area contributed by atoms with Crippen molar-refractivity contribution in [3.05, 3.63) is 81.5 Å². The van der Waals surface area contributed by atoms with E-state index in [0.29, 0.717) is 17.7 Å². The number of aliphatic hydroxyl groups is 1. The number of thioether (sulfide) groups is 1. The molecule has 5 rings (SSSR count). The van der Waals surface area contributed by atoms with Crippen molar-refractivity contribution in [2.75, 3.05) is 31.6 Å².